The number of amides is 1. The molecule has 1 heterocycles. The Hall–Kier alpha value is -1.38. The number of ether oxygens (including phenoxy) is 1. The van der Waals surface area contributed by atoms with Crippen molar-refractivity contribution in [1.82, 2.24) is 0 Å². The third-order valence-corrected chi connectivity index (χ3v) is 4.29. The Balaban J connectivity index is 2.26. The maximum Gasteiger partial charge on any atom is 0.245 e. The summed E-state index contributed by atoms with van der Waals surface area (Å²) >= 11 is 3.47. The Kier molecular flexibility index (Phi) is 4.46. The summed E-state index contributed by atoms with van der Waals surface area (Å²) in [6.07, 6.45) is 0.885. The van der Waals surface area contributed by atoms with Crippen molar-refractivity contribution in [3.63, 3.8) is 0 Å². The summed E-state index contributed by atoms with van der Waals surface area (Å²) in [4.78, 5) is 12.5. The van der Waals surface area contributed by atoms with Crippen LogP contribution in [0.5, 0.6) is 0 Å². The number of hydrogen-bond donors (Lipinski definition) is 1. The molecular formula is C15H17BrN2O2. The molecule has 1 aliphatic rings. The third kappa shape index (κ3) is 2.87. The standard InChI is InChI=1S/C15H17BrN2O2/c1-10-7-11(2)13(12(16)8-10)18-14(19)15(9-17)3-5-20-6-4-15/h7-8H,3-6H2,1-2H3,(H,18,19). The molecule has 1 fully saturated rings. The summed E-state index contributed by atoms with van der Waals surface area (Å²) in [5.74, 6) is -0.240. The summed E-state index contributed by atoms with van der Waals surface area (Å²) in [7, 11) is 0. The van der Waals surface area contributed by atoms with Crippen molar-refractivity contribution in [2.24, 2.45) is 5.41 Å². The fraction of sp³-hybridized carbons (Fsp3) is 0.467. The molecule has 1 N–H and O–H groups in total. The first kappa shape index (κ1) is 15.0. The third-order valence-electron chi connectivity index (χ3n) is 3.67. The predicted molar refractivity (Wildman–Crippen MR) is 80.3 cm³/mol. The van der Waals surface area contributed by atoms with E-state index in [2.05, 4.69) is 27.3 Å². The molecule has 0 spiro atoms. The summed E-state index contributed by atoms with van der Waals surface area (Å²) in [6.45, 7) is 4.85. The van der Waals surface area contributed by atoms with Gasteiger partial charge in [0.05, 0.1) is 11.8 Å². The lowest BCUT2D eigenvalue weighted by atomic mass is 9.80. The maximum atomic E-state index is 12.5. The highest BCUT2D eigenvalue weighted by molar-refractivity contribution is 9.10. The lowest BCUT2D eigenvalue weighted by Crippen LogP contribution is -2.40. The van der Waals surface area contributed by atoms with E-state index in [1.165, 1.54) is 0 Å². The fourth-order valence-electron chi connectivity index (χ4n) is 2.42. The van der Waals surface area contributed by atoms with Crippen molar-refractivity contribution < 1.29 is 9.53 Å². The number of halogens is 1. The Bertz CT molecular complexity index is 549. The quantitative estimate of drug-likeness (QED) is 0.900. The average Bonchev–Trinajstić information content (AvgIpc) is 2.43. The second-order valence-corrected chi connectivity index (χ2v) is 6.05. The molecule has 0 unspecified atom stereocenters. The number of aryl methyl sites for hydroxylation is 2. The van der Waals surface area contributed by atoms with Crippen molar-refractivity contribution in [2.45, 2.75) is 26.7 Å². The molecular weight excluding hydrogens is 320 g/mol. The number of benzene rings is 1. The van der Waals surface area contributed by atoms with E-state index in [0.29, 0.717) is 26.1 Å². The number of carbonyl (C=O) groups is 1. The van der Waals surface area contributed by atoms with Gasteiger partial charge in [0, 0.05) is 17.7 Å². The van der Waals surface area contributed by atoms with Gasteiger partial charge in [-0.15, -0.1) is 0 Å². The van der Waals surface area contributed by atoms with Crippen molar-refractivity contribution in [1.29, 1.82) is 5.26 Å². The first-order valence-corrected chi connectivity index (χ1v) is 7.35. The minimum Gasteiger partial charge on any atom is -0.381 e. The van der Waals surface area contributed by atoms with Crippen LogP contribution in [0.4, 0.5) is 5.69 Å². The second-order valence-electron chi connectivity index (χ2n) is 5.20. The van der Waals surface area contributed by atoms with Gasteiger partial charge in [0.25, 0.3) is 0 Å². The van der Waals surface area contributed by atoms with Gasteiger partial charge in [-0.05, 0) is 59.8 Å². The minimum absolute atomic E-state index is 0.240. The Morgan fingerprint density at radius 1 is 1.40 bits per heavy atom. The molecule has 0 radical (unpaired) electrons. The van der Waals surface area contributed by atoms with E-state index in [-0.39, 0.29) is 5.91 Å². The van der Waals surface area contributed by atoms with Crippen LogP contribution < -0.4 is 5.32 Å². The van der Waals surface area contributed by atoms with E-state index in [1.54, 1.807) is 0 Å². The molecule has 4 nitrogen and oxygen atoms in total. The minimum atomic E-state index is -0.977. The van der Waals surface area contributed by atoms with Gasteiger partial charge in [-0.3, -0.25) is 4.79 Å². The zero-order valence-corrected chi connectivity index (χ0v) is 13.2. The maximum absolute atomic E-state index is 12.5. The molecule has 0 aliphatic carbocycles. The van der Waals surface area contributed by atoms with Gasteiger partial charge in [-0.1, -0.05) is 6.07 Å². The molecule has 0 aromatic heterocycles. The van der Waals surface area contributed by atoms with Crippen LogP contribution >= 0.6 is 15.9 Å². The van der Waals surface area contributed by atoms with Crippen LogP contribution in [-0.4, -0.2) is 19.1 Å². The number of nitrogens with zero attached hydrogens (tertiary/aromatic N) is 1. The van der Waals surface area contributed by atoms with Gasteiger partial charge in [-0.25, -0.2) is 0 Å². The predicted octanol–water partition coefficient (Wildman–Crippen LogP) is 3.32. The van der Waals surface area contributed by atoms with Crippen LogP contribution in [-0.2, 0) is 9.53 Å². The van der Waals surface area contributed by atoms with E-state index in [0.717, 1.165) is 21.3 Å². The van der Waals surface area contributed by atoms with Gasteiger partial charge >= 0.3 is 0 Å². The van der Waals surface area contributed by atoms with Gasteiger partial charge in [0.15, 0.2) is 0 Å². The average molecular weight is 337 g/mol. The molecule has 0 bridgehead atoms. The van der Waals surface area contributed by atoms with Gasteiger partial charge in [0.1, 0.15) is 5.41 Å². The van der Waals surface area contributed by atoms with E-state index in [9.17, 15) is 10.1 Å². The highest BCUT2D eigenvalue weighted by Gasteiger charge is 2.40. The van der Waals surface area contributed by atoms with Crippen molar-refractivity contribution in [3.05, 3.63) is 27.7 Å². The molecule has 1 aromatic rings. The van der Waals surface area contributed by atoms with Crippen LogP contribution in [0.2, 0.25) is 0 Å². The van der Waals surface area contributed by atoms with E-state index >= 15 is 0 Å². The molecule has 5 heteroatoms. The number of hydrogen-bond acceptors (Lipinski definition) is 3. The second kappa shape index (κ2) is 5.94. The molecule has 1 saturated heterocycles. The molecule has 1 aromatic carbocycles. The molecule has 1 aliphatic heterocycles. The van der Waals surface area contributed by atoms with Crippen LogP contribution in [0.15, 0.2) is 16.6 Å². The molecule has 1 amide bonds. The molecule has 2 rings (SSSR count). The lowest BCUT2D eigenvalue weighted by Gasteiger charge is -2.29. The first-order chi connectivity index (χ1) is 9.48. The molecule has 0 atom stereocenters. The van der Waals surface area contributed by atoms with Gasteiger partial charge in [-0.2, -0.15) is 5.26 Å². The number of nitrogens with one attached hydrogen (secondary N) is 1. The topological polar surface area (TPSA) is 62.1 Å². The Labute approximate surface area is 127 Å². The SMILES string of the molecule is Cc1cc(C)c(NC(=O)C2(C#N)CCOCC2)c(Br)c1. The van der Waals surface area contributed by atoms with Gasteiger partial charge in [0.2, 0.25) is 5.91 Å². The molecule has 106 valence electrons. The monoisotopic (exact) mass is 336 g/mol. The van der Waals surface area contributed by atoms with E-state index in [1.807, 2.05) is 26.0 Å². The highest BCUT2D eigenvalue weighted by atomic mass is 79.9. The largest absolute Gasteiger partial charge is 0.381 e. The van der Waals surface area contributed by atoms with Gasteiger partial charge < -0.3 is 10.1 Å². The summed E-state index contributed by atoms with van der Waals surface area (Å²) < 4.78 is 6.09. The normalized spacial score (nSPS) is 17.3. The summed E-state index contributed by atoms with van der Waals surface area (Å²) in [6, 6.07) is 6.13. The Morgan fingerprint density at radius 3 is 2.60 bits per heavy atom. The van der Waals surface area contributed by atoms with Crippen molar-refractivity contribution >= 4 is 27.5 Å². The van der Waals surface area contributed by atoms with Crippen LogP contribution in [0.3, 0.4) is 0 Å². The Morgan fingerprint density at radius 2 is 2.05 bits per heavy atom. The van der Waals surface area contributed by atoms with Crippen LogP contribution in [0.1, 0.15) is 24.0 Å². The van der Waals surface area contributed by atoms with Crippen LogP contribution in [0, 0.1) is 30.6 Å². The summed E-state index contributed by atoms with van der Waals surface area (Å²) in [5.41, 5.74) is 1.86. The smallest absolute Gasteiger partial charge is 0.245 e. The zero-order valence-electron chi connectivity index (χ0n) is 11.6. The number of carbonyl (C=O) groups excluding carboxylic acids is 1. The number of nitriles is 1. The number of rotatable bonds is 2. The molecule has 0 saturated carbocycles. The van der Waals surface area contributed by atoms with E-state index < -0.39 is 5.41 Å². The zero-order chi connectivity index (χ0) is 14.8. The first-order valence-electron chi connectivity index (χ1n) is 6.56. The molecule has 20 heavy (non-hydrogen) atoms. The fourth-order valence-corrected chi connectivity index (χ4v) is 3.19. The van der Waals surface area contributed by atoms with Crippen LogP contribution in [0.25, 0.3) is 0 Å². The van der Waals surface area contributed by atoms with Crippen molar-refractivity contribution in [2.75, 3.05) is 18.5 Å². The van der Waals surface area contributed by atoms with Crippen molar-refractivity contribution in [3.8, 4) is 6.07 Å². The lowest BCUT2D eigenvalue weighted by molar-refractivity contribution is -0.126. The number of anilines is 1. The summed E-state index contributed by atoms with van der Waals surface area (Å²) in [5, 5.41) is 12.3. The highest BCUT2D eigenvalue weighted by Crippen LogP contribution is 2.34. The van der Waals surface area contributed by atoms with E-state index in [4.69, 9.17) is 4.74 Å².